The zero-order chi connectivity index (χ0) is 18.2. The highest BCUT2D eigenvalue weighted by atomic mass is 16.5. The molecule has 1 aromatic carbocycles. The summed E-state index contributed by atoms with van der Waals surface area (Å²) in [5.74, 6) is 2.25. The second-order valence-corrected chi connectivity index (χ2v) is 6.21. The lowest BCUT2D eigenvalue weighted by molar-refractivity contribution is 0.415. The van der Waals surface area contributed by atoms with Gasteiger partial charge in [0, 0.05) is 17.5 Å². The first-order valence-corrected chi connectivity index (χ1v) is 8.53. The maximum Gasteiger partial charge on any atom is 0.190 e. The monoisotopic (exact) mass is 359 g/mol. The van der Waals surface area contributed by atoms with Gasteiger partial charge in [0.2, 0.25) is 0 Å². The average molecular weight is 359 g/mol. The molecule has 1 aliphatic heterocycles. The normalized spacial score (nSPS) is 12.9. The van der Waals surface area contributed by atoms with Crippen molar-refractivity contribution < 1.29 is 4.74 Å². The van der Waals surface area contributed by atoms with Gasteiger partial charge in [-0.2, -0.15) is 0 Å². The van der Waals surface area contributed by atoms with Crippen molar-refractivity contribution in [2.45, 2.75) is 6.54 Å². The van der Waals surface area contributed by atoms with Gasteiger partial charge in [0.15, 0.2) is 11.6 Å². The number of rotatable bonds is 4. The molecule has 0 amide bonds. The van der Waals surface area contributed by atoms with Crippen LogP contribution in [0.15, 0.2) is 54.9 Å². The van der Waals surface area contributed by atoms with E-state index in [-0.39, 0.29) is 0 Å². The third-order valence-corrected chi connectivity index (χ3v) is 4.48. The SMILES string of the molecule is COc1ccc(-c2cnc3c(n2)N(Cc2cc4ncccc4[nH]2)NN3)cc1. The molecular weight excluding hydrogens is 342 g/mol. The first-order chi connectivity index (χ1) is 13.3. The van der Waals surface area contributed by atoms with E-state index in [0.717, 1.165) is 39.6 Å². The molecule has 0 spiro atoms. The van der Waals surface area contributed by atoms with Gasteiger partial charge in [0.05, 0.1) is 36.6 Å². The number of H-pyrrole nitrogens is 1. The first-order valence-electron chi connectivity index (χ1n) is 8.53. The molecule has 0 saturated carbocycles. The van der Waals surface area contributed by atoms with E-state index in [9.17, 15) is 0 Å². The van der Waals surface area contributed by atoms with Crippen LogP contribution in [0.4, 0.5) is 11.6 Å². The Kier molecular flexibility index (Phi) is 3.61. The number of nitrogens with zero attached hydrogens (tertiary/aromatic N) is 4. The van der Waals surface area contributed by atoms with Crippen molar-refractivity contribution in [3.05, 3.63) is 60.6 Å². The molecule has 3 N–H and O–H groups in total. The first kappa shape index (κ1) is 15.6. The number of nitrogens with one attached hydrogen (secondary N) is 3. The molecule has 5 rings (SSSR count). The van der Waals surface area contributed by atoms with E-state index in [4.69, 9.17) is 9.72 Å². The Morgan fingerprint density at radius 1 is 1.11 bits per heavy atom. The minimum Gasteiger partial charge on any atom is -0.497 e. The van der Waals surface area contributed by atoms with E-state index >= 15 is 0 Å². The highest BCUT2D eigenvalue weighted by Gasteiger charge is 2.23. The summed E-state index contributed by atoms with van der Waals surface area (Å²) in [6, 6.07) is 13.7. The topological polar surface area (TPSA) is 91.0 Å². The Bertz CT molecular complexity index is 1070. The minimum absolute atomic E-state index is 0.594. The molecule has 4 heterocycles. The summed E-state index contributed by atoms with van der Waals surface area (Å²) >= 11 is 0. The van der Waals surface area contributed by atoms with Crippen molar-refractivity contribution in [1.29, 1.82) is 0 Å². The third kappa shape index (κ3) is 2.81. The summed E-state index contributed by atoms with van der Waals surface area (Å²) in [6.07, 6.45) is 3.54. The van der Waals surface area contributed by atoms with Crippen molar-refractivity contribution >= 4 is 22.7 Å². The Morgan fingerprint density at radius 2 is 2.00 bits per heavy atom. The number of methoxy groups -OCH3 is 1. The number of aromatic amines is 1. The summed E-state index contributed by atoms with van der Waals surface area (Å²) in [5.41, 5.74) is 10.9. The quantitative estimate of drug-likeness (QED) is 0.516. The predicted octanol–water partition coefficient (Wildman–Crippen LogP) is 2.88. The number of aromatic nitrogens is 4. The fraction of sp³-hybridized carbons (Fsp3) is 0.105. The maximum atomic E-state index is 5.21. The van der Waals surface area contributed by atoms with Crippen LogP contribution in [-0.2, 0) is 6.54 Å². The molecule has 0 radical (unpaired) electrons. The molecule has 1 aliphatic rings. The second kappa shape index (κ2) is 6.26. The summed E-state index contributed by atoms with van der Waals surface area (Å²) in [4.78, 5) is 17.0. The van der Waals surface area contributed by atoms with Gasteiger partial charge >= 0.3 is 0 Å². The maximum absolute atomic E-state index is 5.21. The molecule has 8 nitrogen and oxygen atoms in total. The van der Waals surface area contributed by atoms with Crippen molar-refractivity contribution in [2.75, 3.05) is 17.5 Å². The summed E-state index contributed by atoms with van der Waals surface area (Å²) in [5, 5.41) is 1.92. The molecule has 0 fully saturated rings. The molecule has 4 aromatic rings. The second-order valence-electron chi connectivity index (χ2n) is 6.21. The van der Waals surface area contributed by atoms with Crippen LogP contribution in [0.5, 0.6) is 5.75 Å². The Labute approximate surface area is 155 Å². The van der Waals surface area contributed by atoms with Crippen LogP contribution in [0.3, 0.4) is 0 Å². The number of hydrazine groups is 2. The molecule has 0 bridgehead atoms. The standard InChI is InChI=1S/C19H17N7O/c1-27-14-6-4-12(5-7-14)17-10-21-18-19(23-17)26(25-24-18)11-13-9-16-15(22-13)3-2-8-20-16/h2-10,22,25H,11H2,1H3,(H,21,24). The van der Waals surface area contributed by atoms with Gasteiger partial charge < -0.3 is 9.72 Å². The minimum atomic E-state index is 0.594. The predicted molar refractivity (Wildman–Crippen MR) is 103 cm³/mol. The summed E-state index contributed by atoms with van der Waals surface area (Å²) < 4.78 is 5.21. The fourth-order valence-electron chi connectivity index (χ4n) is 3.11. The van der Waals surface area contributed by atoms with Gasteiger partial charge in [-0.1, -0.05) is 0 Å². The van der Waals surface area contributed by atoms with E-state index < -0.39 is 0 Å². The number of fused-ring (bicyclic) bond motifs is 2. The number of hydrogen-bond donors (Lipinski definition) is 3. The number of hydrogen-bond acceptors (Lipinski definition) is 7. The van der Waals surface area contributed by atoms with Gasteiger partial charge in [-0.15, -0.1) is 5.53 Å². The fourth-order valence-corrected chi connectivity index (χ4v) is 3.11. The third-order valence-electron chi connectivity index (χ3n) is 4.48. The number of anilines is 2. The lowest BCUT2D eigenvalue weighted by atomic mass is 10.1. The highest BCUT2D eigenvalue weighted by Crippen LogP contribution is 2.29. The molecule has 27 heavy (non-hydrogen) atoms. The van der Waals surface area contributed by atoms with Gasteiger partial charge in [0.1, 0.15) is 5.75 Å². The van der Waals surface area contributed by atoms with Crippen LogP contribution in [0, 0.1) is 0 Å². The van der Waals surface area contributed by atoms with E-state index in [1.54, 1.807) is 19.5 Å². The van der Waals surface area contributed by atoms with Crippen LogP contribution in [0.2, 0.25) is 0 Å². The van der Waals surface area contributed by atoms with Crippen LogP contribution >= 0.6 is 0 Å². The van der Waals surface area contributed by atoms with Crippen LogP contribution in [0.1, 0.15) is 5.69 Å². The number of ether oxygens (including phenoxy) is 1. The Hall–Kier alpha value is -3.65. The molecule has 0 aliphatic carbocycles. The molecular formula is C19H17N7O. The molecule has 8 heteroatoms. The van der Waals surface area contributed by atoms with Crippen LogP contribution in [0.25, 0.3) is 22.3 Å². The van der Waals surface area contributed by atoms with Crippen molar-refractivity contribution in [3.8, 4) is 17.0 Å². The van der Waals surface area contributed by atoms with Gasteiger partial charge in [0.25, 0.3) is 0 Å². The van der Waals surface area contributed by atoms with E-state index in [1.165, 1.54) is 0 Å². The lowest BCUT2D eigenvalue weighted by Crippen LogP contribution is -2.35. The van der Waals surface area contributed by atoms with Crippen LogP contribution < -0.4 is 20.7 Å². The summed E-state index contributed by atoms with van der Waals surface area (Å²) in [6.45, 7) is 0.594. The molecule has 0 saturated heterocycles. The van der Waals surface area contributed by atoms with E-state index in [1.807, 2.05) is 47.5 Å². The zero-order valence-electron chi connectivity index (χ0n) is 14.6. The Balaban J connectivity index is 1.44. The smallest absolute Gasteiger partial charge is 0.190 e. The van der Waals surface area contributed by atoms with Crippen molar-refractivity contribution in [2.24, 2.45) is 0 Å². The highest BCUT2D eigenvalue weighted by molar-refractivity contribution is 5.76. The van der Waals surface area contributed by atoms with Crippen molar-refractivity contribution in [1.82, 2.24) is 25.5 Å². The molecule has 134 valence electrons. The molecule has 0 atom stereocenters. The largest absolute Gasteiger partial charge is 0.497 e. The lowest BCUT2D eigenvalue weighted by Gasteiger charge is -2.16. The molecule has 0 unspecified atom stereocenters. The zero-order valence-corrected chi connectivity index (χ0v) is 14.6. The number of pyridine rings is 1. The van der Waals surface area contributed by atoms with Gasteiger partial charge in [-0.05, 0) is 42.5 Å². The van der Waals surface area contributed by atoms with E-state index in [0.29, 0.717) is 12.4 Å². The van der Waals surface area contributed by atoms with Crippen LogP contribution in [-0.4, -0.2) is 27.0 Å². The average Bonchev–Trinajstić information content (AvgIpc) is 3.31. The van der Waals surface area contributed by atoms with Crippen molar-refractivity contribution in [3.63, 3.8) is 0 Å². The van der Waals surface area contributed by atoms with E-state index in [2.05, 4.69) is 25.9 Å². The van der Waals surface area contributed by atoms with Gasteiger partial charge in [-0.3, -0.25) is 15.4 Å². The molecule has 3 aromatic heterocycles. The number of benzene rings is 1. The summed E-state index contributed by atoms with van der Waals surface area (Å²) in [7, 11) is 1.65. The Morgan fingerprint density at radius 3 is 2.81 bits per heavy atom. The van der Waals surface area contributed by atoms with Gasteiger partial charge in [-0.25, -0.2) is 9.97 Å².